The summed E-state index contributed by atoms with van der Waals surface area (Å²) in [5, 5.41) is 0. The second-order valence-electron chi connectivity index (χ2n) is 7.07. The number of carbonyl (C=O) groups is 4. The zero-order valence-corrected chi connectivity index (χ0v) is 23.1. The molecule has 0 rings (SSSR count). The van der Waals surface area contributed by atoms with Crippen LogP contribution in [0.3, 0.4) is 0 Å². The Labute approximate surface area is 216 Å². The van der Waals surface area contributed by atoms with Gasteiger partial charge < -0.3 is 23.7 Å². The first kappa shape index (κ1) is 50.0. The maximum Gasteiger partial charge on any atom is 0.306 e. The molecule has 0 aromatic heterocycles. The monoisotopic (exact) mass is 514 g/mol. The molecule has 0 amide bonds. The molecule has 0 fully saturated rings. The molecule has 9 heteroatoms. The van der Waals surface area contributed by atoms with E-state index < -0.39 is 0 Å². The summed E-state index contributed by atoms with van der Waals surface area (Å²) in [4.78, 5) is 40.8. The molecule has 0 radical (unpaired) electrons. The number of ketones is 1. The Balaban J connectivity index is -0.0000000577. The lowest BCUT2D eigenvalue weighted by atomic mass is 9.87. The smallest absolute Gasteiger partial charge is 0.306 e. The van der Waals surface area contributed by atoms with Crippen LogP contribution in [0.5, 0.6) is 0 Å². The van der Waals surface area contributed by atoms with E-state index in [1.54, 1.807) is 21.0 Å². The highest BCUT2D eigenvalue weighted by atomic mass is 16.5. The van der Waals surface area contributed by atoms with E-state index in [4.69, 9.17) is 4.74 Å². The first-order valence-electron chi connectivity index (χ1n) is 11.1. The minimum atomic E-state index is -0.157. The summed E-state index contributed by atoms with van der Waals surface area (Å²) in [7, 11) is 5.94. The van der Waals surface area contributed by atoms with E-state index in [0.29, 0.717) is 25.9 Å². The van der Waals surface area contributed by atoms with Gasteiger partial charge in [-0.2, -0.15) is 0 Å². The average Bonchev–Trinajstić information content (AvgIpc) is 2.79. The van der Waals surface area contributed by atoms with Gasteiger partial charge in [0.05, 0.1) is 27.2 Å². The van der Waals surface area contributed by atoms with Gasteiger partial charge >= 0.3 is 17.9 Å². The molecule has 0 aromatic rings. The highest BCUT2D eigenvalue weighted by Gasteiger charge is 2.20. The Kier molecular flexibility index (Phi) is 56.0. The lowest BCUT2D eigenvalue weighted by molar-refractivity contribution is -0.145. The maximum atomic E-state index is 11.0. The summed E-state index contributed by atoms with van der Waals surface area (Å²) < 4.78 is 22.4. The van der Waals surface area contributed by atoms with Gasteiger partial charge in [0.15, 0.2) is 5.78 Å². The number of Topliss-reactive ketones (excluding diaryl/α,β-unsaturated/α-hetero) is 1. The molecule has 216 valence electrons. The quantitative estimate of drug-likeness (QED) is 0.284. The third-order valence-corrected chi connectivity index (χ3v) is 3.55. The molecule has 0 unspecified atom stereocenters. The van der Waals surface area contributed by atoms with Crippen molar-refractivity contribution in [1.82, 2.24) is 0 Å². The molecule has 35 heavy (non-hydrogen) atoms. The van der Waals surface area contributed by atoms with Crippen molar-refractivity contribution in [2.45, 2.75) is 95.9 Å². The van der Waals surface area contributed by atoms with Crippen LogP contribution in [-0.2, 0) is 42.9 Å². The predicted molar refractivity (Wildman–Crippen MR) is 144 cm³/mol. The van der Waals surface area contributed by atoms with Crippen molar-refractivity contribution in [1.29, 1.82) is 0 Å². The molecule has 0 aliphatic heterocycles. The van der Waals surface area contributed by atoms with Gasteiger partial charge in [0, 0.05) is 33.7 Å². The molecule has 9 nitrogen and oxygen atoms in total. The summed E-state index contributed by atoms with van der Waals surface area (Å²) in [6.07, 6.45) is 2.47. The molecule has 0 bridgehead atoms. The second kappa shape index (κ2) is 39.2. The zero-order valence-electron chi connectivity index (χ0n) is 23.1. The van der Waals surface area contributed by atoms with Crippen LogP contribution in [0.4, 0.5) is 0 Å². The molecular formula is C26H58O9. The van der Waals surface area contributed by atoms with Crippen LogP contribution in [0.2, 0.25) is 0 Å². The summed E-state index contributed by atoms with van der Waals surface area (Å²) >= 11 is 0. The van der Waals surface area contributed by atoms with Crippen molar-refractivity contribution < 1.29 is 42.9 Å². The van der Waals surface area contributed by atoms with Gasteiger partial charge in [-0.05, 0) is 26.2 Å². The molecular weight excluding hydrogens is 456 g/mol. The topological polar surface area (TPSA) is 114 Å². The van der Waals surface area contributed by atoms with Crippen LogP contribution < -0.4 is 0 Å². The zero-order chi connectivity index (χ0) is 27.3. The number of ether oxygens (including phenoxy) is 5. The van der Waals surface area contributed by atoms with E-state index in [1.165, 1.54) is 28.3 Å². The third-order valence-electron chi connectivity index (χ3n) is 3.55. The van der Waals surface area contributed by atoms with Gasteiger partial charge in [0.2, 0.25) is 0 Å². The molecule has 0 atom stereocenters. The molecule has 0 aromatic carbocycles. The van der Waals surface area contributed by atoms with Gasteiger partial charge in [0.1, 0.15) is 6.61 Å². The van der Waals surface area contributed by atoms with Crippen LogP contribution in [0, 0.1) is 5.41 Å². The lowest BCUT2D eigenvalue weighted by Gasteiger charge is -2.20. The average molecular weight is 515 g/mol. The van der Waals surface area contributed by atoms with Crippen molar-refractivity contribution in [3.8, 4) is 0 Å². The fraction of sp³-hybridized carbons (Fsp3) is 0.846. The van der Waals surface area contributed by atoms with Crippen LogP contribution >= 0.6 is 0 Å². The minimum absolute atomic E-state index is 0. The molecule has 0 aliphatic carbocycles. The number of hydrogen-bond donors (Lipinski definition) is 0. The van der Waals surface area contributed by atoms with Crippen molar-refractivity contribution in [3.63, 3.8) is 0 Å². The van der Waals surface area contributed by atoms with Crippen molar-refractivity contribution in [2.75, 3.05) is 48.3 Å². The summed E-state index contributed by atoms with van der Waals surface area (Å²) in [5.74, 6) is -0.332. The highest BCUT2D eigenvalue weighted by molar-refractivity contribution is 5.76. The minimum Gasteiger partial charge on any atom is -0.469 e. The number of hydrogen-bond acceptors (Lipinski definition) is 9. The van der Waals surface area contributed by atoms with Crippen molar-refractivity contribution in [2.24, 2.45) is 5.41 Å². The number of carbonyl (C=O) groups excluding carboxylic acids is 4. The Morgan fingerprint density at radius 1 is 0.657 bits per heavy atom. The van der Waals surface area contributed by atoms with Gasteiger partial charge in [0.25, 0.3) is 0 Å². The Morgan fingerprint density at radius 2 is 1.03 bits per heavy atom. The van der Waals surface area contributed by atoms with Crippen LogP contribution in [-0.4, -0.2) is 72.0 Å². The SMILES string of the molecule is C.C.CCC(=O)OC.CCC(=O)OC.CCOC.CCOC(=O)CC(C)(C)CC.COCC(C)=O. The Hall–Kier alpha value is -2.00. The van der Waals surface area contributed by atoms with E-state index in [9.17, 15) is 19.2 Å². The molecule has 0 saturated heterocycles. The van der Waals surface area contributed by atoms with Gasteiger partial charge in [-0.1, -0.05) is 55.9 Å². The first-order valence-corrected chi connectivity index (χ1v) is 11.1. The van der Waals surface area contributed by atoms with E-state index in [2.05, 4.69) is 39.7 Å². The molecule has 0 spiro atoms. The lowest BCUT2D eigenvalue weighted by Crippen LogP contribution is -2.17. The van der Waals surface area contributed by atoms with Crippen LogP contribution in [0.15, 0.2) is 0 Å². The van der Waals surface area contributed by atoms with Gasteiger partial charge in [-0.15, -0.1) is 0 Å². The Morgan fingerprint density at radius 3 is 1.14 bits per heavy atom. The molecule has 0 saturated carbocycles. The number of methoxy groups -OCH3 is 4. The van der Waals surface area contributed by atoms with Crippen molar-refractivity contribution >= 4 is 23.7 Å². The van der Waals surface area contributed by atoms with E-state index in [-0.39, 0.29) is 50.6 Å². The summed E-state index contributed by atoms with van der Waals surface area (Å²) in [5.41, 5.74) is 0.0895. The fourth-order valence-electron chi connectivity index (χ4n) is 1.22. The van der Waals surface area contributed by atoms with E-state index in [1.807, 2.05) is 13.8 Å². The van der Waals surface area contributed by atoms with Crippen LogP contribution in [0.1, 0.15) is 95.9 Å². The largest absolute Gasteiger partial charge is 0.469 e. The predicted octanol–water partition coefficient (Wildman–Crippen LogP) is 5.66. The van der Waals surface area contributed by atoms with Crippen LogP contribution in [0.25, 0.3) is 0 Å². The standard InChI is InChI=1S/C9H18O2.3C4H8O2.C3H8O.2CH4/c1-5-9(3,4)7-8(10)11-6-2;1-4(5)3-6-2;2*1-3-4(5)6-2;1-3-4-2;;/h5-7H2,1-4H3;3*3H2,1-2H3;3H2,1-2H3;2*1H4. The van der Waals surface area contributed by atoms with Crippen molar-refractivity contribution in [3.05, 3.63) is 0 Å². The third kappa shape index (κ3) is 65.3. The summed E-state index contributed by atoms with van der Waals surface area (Å²) in [6.45, 7) is 16.6. The fourth-order valence-corrected chi connectivity index (χ4v) is 1.22. The van der Waals surface area contributed by atoms with E-state index in [0.717, 1.165) is 13.0 Å². The first-order chi connectivity index (χ1) is 15.3. The number of esters is 3. The number of rotatable bonds is 9. The maximum absolute atomic E-state index is 11.0. The Bertz CT molecular complexity index is 432. The van der Waals surface area contributed by atoms with E-state index >= 15 is 0 Å². The second-order valence-corrected chi connectivity index (χ2v) is 7.07. The van der Waals surface area contributed by atoms with Gasteiger partial charge in [-0.25, -0.2) is 0 Å². The van der Waals surface area contributed by atoms with Gasteiger partial charge in [-0.3, -0.25) is 19.2 Å². The summed E-state index contributed by atoms with van der Waals surface area (Å²) in [6, 6.07) is 0. The normalized spacial score (nSPS) is 8.46. The molecule has 0 heterocycles. The highest BCUT2D eigenvalue weighted by Crippen LogP contribution is 2.24. The molecule has 0 N–H and O–H groups in total. The molecule has 0 aliphatic rings.